The van der Waals surface area contributed by atoms with Crippen LogP contribution >= 0.6 is 0 Å². The van der Waals surface area contributed by atoms with Crippen molar-refractivity contribution in [1.82, 2.24) is 0 Å². The largest absolute Gasteiger partial charge is 0.396 e. The van der Waals surface area contributed by atoms with Gasteiger partial charge in [-0.25, -0.2) is 0 Å². The fraction of sp³-hybridized carbons (Fsp3) is 0.625. The first-order chi connectivity index (χ1) is 8.68. The van der Waals surface area contributed by atoms with Gasteiger partial charge in [-0.15, -0.1) is 0 Å². The lowest BCUT2D eigenvalue weighted by Gasteiger charge is -2.53. The Morgan fingerprint density at radius 2 is 1.78 bits per heavy atom. The average molecular weight is 246 g/mol. The van der Waals surface area contributed by atoms with Crippen LogP contribution in [0.25, 0.3) is 0 Å². The van der Waals surface area contributed by atoms with Gasteiger partial charge in [0.25, 0.3) is 0 Å². The average Bonchev–Trinajstić information content (AvgIpc) is 2.42. The summed E-state index contributed by atoms with van der Waals surface area (Å²) in [5, 5.41) is 9.16. The van der Waals surface area contributed by atoms with Gasteiger partial charge in [0.05, 0.1) is 12.2 Å². The third-order valence-electron chi connectivity index (χ3n) is 5.00. The highest BCUT2D eigenvalue weighted by Crippen LogP contribution is 2.51. The third-order valence-corrected chi connectivity index (χ3v) is 5.00. The van der Waals surface area contributed by atoms with E-state index in [1.807, 2.05) is 0 Å². The molecule has 3 aliphatic rings. The summed E-state index contributed by atoms with van der Waals surface area (Å²) in [6.45, 7) is 3.21. The normalized spacial score (nSPS) is 34.8. The standard InChI is InChI=1S/C16H22O2/c1-13-2-4-14(5-3-13)15-6-8-16(9-7-15,10-11-17)18-12-15/h2-5,17H,6-12H2,1H3. The molecule has 1 aromatic rings. The van der Waals surface area contributed by atoms with Gasteiger partial charge in [-0.05, 0) is 44.6 Å². The van der Waals surface area contributed by atoms with E-state index in [1.54, 1.807) is 0 Å². The minimum Gasteiger partial charge on any atom is -0.396 e. The molecule has 1 aliphatic carbocycles. The molecule has 0 aromatic heterocycles. The van der Waals surface area contributed by atoms with Crippen molar-refractivity contribution in [1.29, 1.82) is 0 Å². The van der Waals surface area contributed by atoms with Crippen LogP contribution in [0.4, 0.5) is 0 Å². The van der Waals surface area contributed by atoms with Crippen molar-refractivity contribution in [3.63, 3.8) is 0 Å². The molecule has 0 unspecified atom stereocenters. The Bertz CT molecular complexity index is 397. The molecule has 0 amide bonds. The molecule has 1 saturated carbocycles. The lowest BCUT2D eigenvalue weighted by molar-refractivity contribution is -0.164. The Kier molecular flexibility index (Phi) is 2.95. The van der Waals surface area contributed by atoms with Gasteiger partial charge < -0.3 is 9.84 Å². The van der Waals surface area contributed by atoms with E-state index in [0.717, 1.165) is 25.9 Å². The van der Waals surface area contributed by atoms with E-state index in [0.29, 0.717) is 0 Å². The van der Waals surface area contributed by atoms with Crippen molar-refractivity contribution < 1.29 is 9.84 Å². The van der Waals surface area contributed by atoms with Crippen molar-refractivity contribution in [2.45, 2.75) is 50.0 Å². The molecule has 0 radical (unpaired) electrons. The first-order valence-corrected chi connectivity index (χ1v) is 7.00. The van der Waals surface area contributed by atoms with E-state index in [9.17, 15) is 0 Å². The highest BCUT2D eigenvalue weighted by atomic mass is 16.5. The zero-order valence-corrected chi connectivity index (χ0v) is 11.1. The second-order valence-electron chi connectivity index (χ2n) is 6.09. The Labute approximate surface area is 109 Å². The molecule has 3 fully saturated rings. The van der Waals surface area contributed by atoms with Crippen LogP contribution in [0.15, 0.2) is 24.3 Å². The van der Waals surface area contributed by atoms with Crippen LogP contribution in [0.3, 0.4) is 0 Å². The van der Waals surface area contributed by atoms with Crippen molar-refractivity contribution in [2.24, 2.45) is 0 Å². The number of fused-ring (bicyclic) bond motifs is 3. The third kappa shape index (κ3) is 1.88. The fourth-order valence-electron chi connectivity index (χ4n) is 3.57. The number of ether oxygens (including phenoxy) is 1. The monoisotopic (exact) mass is 246 g/mol. The second kappa shape index (κ2) is 4.36. The van der Waals surface area contributed by atoms with Crippen molar-refractivity contribution in [3.8, 4) is 0 Å². The van der Waals surface area contributed by atoms with Crippen LogP contribution in [0, 0.1) is 6.92 Å². The van der Waals surface area contributed by atoms with Crippen molar-refractivity contribution in [3.05, 3.63) is 35.4 Å². The Balaban J connectivity index is 1.82. The summed E-state index contributed by atoms with van der Waals surface area (Å²) < 4.78 is 6.13. The molecule has 2 bridgehead atoms. The highest BCUT2D eigenvalue weighted by Gasteiger charge is 2.49. The Morgan fingerprint density at radius 3 is 2.28 bits per heavy atom. The lowest BCUT2D eigenvalue weighted by atomic mass is 9.62. The second-order valence-corrected chi connectivity index (χ2v) is 6.09. The van der Waals surface area contributed by atoms with Crippen LogP contribution in [0.5, 0.6) is 0 Å². The quantitative estimate of drug-likeness (QED) is 0.888. The van der Waals surface area contributed by atoms with Gasteiger partial charge in [-0.2, -0.15) is 0 Å². The summed E-state index contributed by atoms with van der Waals surface area (Å²) in [6, 6.07) is 8.94. The number of rotatable bonds is 3. The predicted molar refractivity (Wildman–Crippen MR) is 71.7 cm³/mol. The van der Waals surface area contributed by atoms with E-state index in [-0.39, 0.29) is 17.6 Å². The van der Waals surface area contributed by atoms with E-state index < -0.39 is 0 Å². The van der Waals surface area contributed by atoms with E-state index in [4.69, 9.17) is 9.84 Å². The van der Waals surface area contributed by atoms with Gasteiger partial charge in [-0.1, -0.05) is 29.8 Å². The summed E-state index contributed by atoms with van der Waals surface area (Å²) in [7, 11) is 0. The highest BCUT2D eigenvalue weighted by molar-refractivity contribution is 5.31. The molecule has 0 atom stereocenters. The number of hydrogen-bond acceptors (Lipinski definition) is 2. The molecule has 18 heavy (non-hydrogen) atoms. The summed E-state index contributed by atoms with van der Waals surface area (Å²) >= 11 is 0. The molecule has 0 spiro atoms. The molecule has 98 valence electrons. The van der Waals surface area contributed by atoms with Crippen LogP contribution < -0.4 is 0 Å². The van der Waals surface area contributed by atoms with Gasteiger partial charge in [0, 0.05) is 12.0 Å². The maximum Gasteiger partial charge on any atom is 0.0705 e. The topological polar surface area (TPSA) is 29.5 Å². The summed E-state index contributed by atoms with van der Waals surface area (Å²) in [5.41, 5.74) is 2.98. The van der Waals surface area contributed by atoms with Crippen LogP contribution in [0.2, 0.25) is 0 Å². The van der Waals surface area contributed by atoms with Crippen molar-refractivity contribution >= 4 is 0 Å². The predicted octanol–water partition coefficient (Wildman–Crippen LogP) is 2.96. The smallest absolute Gasteiger partial charge is 0.0705 e. The zero-order chi connectivity index (χ0) is 12.6. The molecule has 2 aliphatic heterocycles. The van der Waals surface area contributed by atoms with Gasteiger partial charge in [0.2, 0.25) is 0 Å². The van der Waals surface area contributed by atoms with Gasteiger partial charge in [-0.3, -0.25) is 0 Å². The number of benzene rings is 1. The molecule has 1 aromatic carbocycles. The lowest BCUT2D eigenvalue weighted by Crippen LogP contribution is -2.53. The molecule has 2 nitrogen and oxygen atoms in total. The molecule has 1 N–H and O–H groups in total. The van der Waals surface area contributed by atoms with Crippen LogP contribution in [0.1, 0.15) is 43.2 Å². The SMILES string of the molecule is Cc1ccc(C23CCC(CCO)(CC2)OC3)cc1. The molecular formula is C16H22O2. The van der Waals surface area contributed by atoms with E-state index in [1.165, 1.54) is 24.0 Å². The minimum absolute atomic E-state index is 0.0127. The van der Waals surface area contributed by atoms with E-state index in [2.05, 4.69) is 31.2 Å². The molecule has 2 heterocycles. The maximum absolute atomic E-state index is 9.16. The molecular weight excluding hydrogens is 224 g/mol. The Hall–Kier alpha value is -0.860. The number of aliphatic hydroxyl groups is 1. The number of aliphatic hydroxyl groups excluding tert-OH is 1. The van der Waals surface area contributed by atoms with Crippen LogP contribution in [-0.2, 0) is 10.2 Å². The molecule has 4 rings (SSSR count). The maximum atomic E-state index is 9.16. The van der Waals surface area contributed by atoms with Gasteiger partial charge in [0.15, 0.2) is 0 Å². The summed E-state index contributed by atoms with van der Waals surface area (Å²) in [5.74, 6) is 0. The van der Waals surface area contributed by atoms with Crippen LogP contribution in [-0.4, -0.2) is 23.9 Å². The molecule has 2 saturated heterocycles. The fourth-order valence-corrected chi connectivity index (χ4v) is 3.57. The summed E-state index contributed by atoms with van der Waals surface area (Å²) in [6.07, 6.45) is 5.41. The van der Waals surface area contributed by atoms with E-state index >= 15 is 0 Å². The van der Waals surface area contributed by atoms with Gasteiger partial charge in [0.1, 0.15) is 0 Å². The van der Waals surface area contributed by atoms with Gasteiger partial charge >= 0.3 is 0 Å². The first-order valence-electron chi connectivity index (χ1n) is 7.00. The Morgan fingerprint density at radius 1 is 1.11 bits per heavy atom. The summed E-state index contributed by atoms with van der Waals surface area (Å²) in [4.78, 5) is 0. The number of aryl methyl sites for hydroxylation is 1. The number of hydrogen-bond donors (Lipinski definition) is 1. The van der Waals surface area contributed by atoms with Crippen molar-refractivity contribution in [2.75, 3.05) is 13.2 Å². The minimum atomic E-state index is -0.0127. The molecule has 2 heteroatoms. The first kappa shape index (κ1) is 12.2. The zero-order valence-electron chi connectivity index (χ0n) is 11.1.